The lowest BCUT2D eigenvalue weighted by atomic mass is 10.1. The van der Waals surface area contributed by atoms with Gasteiger partial charge in [0.2, 0.25) is 0 Å². The molecule has 0 spiro atoms. The molecule has 0 radical (unpaired) electrons. The Hall–Kier alpha value is -3.38. The maximum atomic E-state index is 13.1. The summed E-state index contributed by atoms with van der Waals surface area (Å²) in [5.74, 6) is -0.588. The maximum Gasteiger partial charge on any atom is 0.324 e. The zero-order chi connectivity index (χ0) is 21.8. The molecule has 3 amide bonds. The number of nitrogens with zero attached hydrogens (tertiary/aromatic N) is 2. The quantitative estimate of drug-likeness (QED) is 0.567. The van der Waals surface area contributed by atoms with Crippen LogP contribution in [0.4, 0.5) is 20.6 Å². The van der Waals surface area contributed by atoms with Crippen LogP contribution in [-0.4, -0.2) is 29.9 Å². The summed E-state index contributed by atoms with van der Waals surface area (Å²) >= 11 is 6.08. The lowest BCUT2D eigenvalue weighted by Crippen LogP contribution is -2.49. The number of hydrogen-bond donors (Lipinski definition) is 1. The van der Waals surface area contributed by atoms with Crippen molar-refractivity contribution in [2.24, 2.45) is 0 Å². The van der Waals surface area contributed by atoms with Gasteiger partial charge in [-0.25, -0.2) is 9.18 Å². The largest absolute Gasteiger partial charge is 0.324 e. The van der Waals surface area contributed by atoms with Crippen molar-refractivity contribution in [1.82, 2.24) is 4.90 Å². The monoisotopic (exact) mass is 437 g/mol. The molecule has 1 N–H and O–H groups in total. The smallest absolute Gasteiger partial charge is 0.322 e. The summed E-state index contributed by atoms with van der Waals surface area (Å²) < 4.78 is 13.1. The molecule has 4 rings (SSSR count). The summed E-state index contributed by atoms with van der Waals surface area (Å²) in [6.45, 7) is 1.70. The fourth-order valence-corrected chi connectivity index (χ4v) is 3.77. The van der Waals surface area contributed by atoms with Gasteiger partial charge in [0.15, 0.2) is 0 Å². The van der Waals surface area contributed by atoms with E-state index in [9.17, 15) is 14.0 Å². The summed E-state index contributed by atoms with van der Waals surface area (Å²) in [5, 5.41) is 3.20. The Morgan fingerprint density at radius 2 is 1.68 bits per heavy atom. The summed E-state index contributed by atoms with van der Waals surface area (Å²) in [5.41, 5.74) is 2.65. The van der Waals surface area contributed by atoms with E-state index in [1.807, 2.05) is 12.1 Å². The van der Waals surface area contributed by atoms with E-state index in [0.29, 0.717) is 35.9 Å². The van der Waals surface area contributed by atoms with Crippen molar-refractivity contribution < 1.29 is 14.0 Å². The van der Waals surface area contributed by atoms with Gasteiger partial charge in [0.1, 0.15) is 5.82 Å². The highest BCUT2D eigenvalue weighted by atomic mass is 35.5. The molecule has 3 aromatic carbocycles. The van der Waals surface area contributed by atoms with Gasteiger partial charge in [-0.05, 0) is 60.5 Å². The highest BCUT2D eigenvalue weighted by Crippen LogP contribution is 2.24. The summed E-state index contributed by atoms with van der Waals surface area (Å²) in [7, 11) is 0. The van der Waals surface area contributed by atoms with Crippen molar-refractivity contribution in [3.8, 4) is 0 Å². The average molecular weight is 438 g/mol. The van der Waals surface area contributed by atoms with E-state index in [4.69, 9.17) is 11.6 Å². The van der Waals surface area contributed by atoms with Gasteiger partial charge < -0.3 is 10.2 Å². The van der Waals surface area contributed by atoms with E-state index < -0.39 is 0 Å². The molecule has 0 atom stereocenters. The number of hydrogen-bond acceptors (Lipinski definition) is 2. The predicted octanol–water partition coefficient (Wildman–Crippen LogP) is 5.56. The van der Waals surface area contributed by atoms with Crippen LogP contribution in [0.3, 0.4) is 0 Å². The zero-order valence-corrected chi connectivity index (χ0v) is 17.5. The number of nitrogens with one attached hydrogen (secondary N) is 1. The van der Waals surface area contributed by atoms with Gasteiger partial charge in [-0.1, -0.05) is 35.9 Å². The van der Waals surface area contributed by atoms with Crippen LogP contribution in [-0.2, 0) is 6.54 Å². The summed E-state index contributed by atoms with van der Waals surface area (Å²) in [6, 6.07) is 20.1. The van der Waals surface area contributed by atoms with E-state index in [2.05, 4.69) is 5.32 Å². The van der Waals surface area contributed by atoms with Crippen molar-refractivity contribution in [3.63, 3.8) is 0 Å². The molecule has 0 saturated carbocycles. The Labute approximate surface area is 185 Å². The van der Waals surface area contributed by atoms with Crippen LogP contribution < -0.4 is 10.2 Å². The molecule has 1 fully saturated rings. The molecule has 3 aromatic rings. The fourth-order valence-electron chi connectivity index (χ4n) is 3.55. The first-order valence-electron chi connectivity index (χ1n) is 9.98. The van der Waals surface area contributed by atoms with Gasteiger partial charge >= 0.3 is 6.03 Å². The van der Waals surface area contributed by atoms with Crippen LogP contribution in [0, 0.1) is 5.82 Å². The van der Waals surface area contributed by atoms with Crippen LogP contribution in [0.25, 0.3) is 0 Å². The Morgan fingerprint density at radius 1 is 0.968 bits per heavy atom. The molecule has 158 valence electrons. The Bertz CT molecular complexity index is 1090. The minimum atomic E-state index is -0.294. The maximum absolute atomic E-state index is 13.1. The zero-order valence-electron chi connectivity index (χ0n) is 16.7. The molecule has 0 aromatic heterocycles. The molecule has 1 aliphatic rings. The minimum absolute atomic E-state index is 0.0940. The second-order valence-electron chi connectivity index (χ2n) is 7.32. The third kappa shape index (κ3) is 4.86. The van der Waals surface area contributed by atoms with Gasteiger partial charge in [0, 0.05) is 31.0 Å². The van der Waals surface area contributed by atoms with Crippen molar-refractivity contribution in [3.05, 3.63) is 94.8 Å². The van der Waals surface area contributed by atoms with E-state index in [1.165, 1.54) is 12.1 Å². The number of halogens is 2. The number of benzene rings is 3. The third-order valence-electron chi connectivity index (χ3n) is 5.15. The number of amides is 3. The number of carbonyl (C=O) groups is 2. The first kappa shape index (κ1) is 20.9. The molecule has 5 nitrogen and oxygen atoms in total. The van der Waals surface area contributed by atoms with Crippen LogP contribution in [0.2, 0.25) is 5.02 Å². The third-order valence-corrected chi connectivity index (χ3v) is 5.48. The van der Waals surface area contributed by atoms with Gasteiger partial charge in [-0.15, -0.1) is 0 Å². The molecule has 0 aliphatic carbocycles. The van der Waals surface area contributed by atoms with E-state index >= 15 is 0 Å². The van der Waals surface area contributed by atoms with Crippen molar-refractivity contribution in [2.75, 3.05) is 23.3 Å². The van der Waals surface area contributed by atoms with Crippen molar-refractivity contribution >= 4 is 34.9 Å². The number of carbonyl (C=O) groups excluding carboxylic acids is 2. The van der Waals surface area contributed by atoms with Crippen LogP contribution in [0.15, 0.2) is 72.8 Å². The number of urea groups is 1. The summed E-state index contributed by atoms with van der Waals surface area (Å²) in [4.78, 5) is 28.9. The first-order chi connectivity index (χ1) is 15.0. The molecule has 1 saturated heterocycles. The number of anilines is 2. The second kappa shape index (κ2) is 9.18. The first-order valence-corrected chi connectivity index (χ1v) is 10.4. The highest BCUT2D eigenvalue weighted by molar-refractivity contribution is 6.34. The Balaban J connectivity index is 1.43. The predicted molar refractivity (Wildman–Crippen MR) is 120 cm³/mol. The number of rotatable bonds is 5. The van der Waals surface area contributed by atoms with E-state index in [-0.39, 0.29) is 17.8 Å². The van der Waals surface area contributed by atoms with E-state index in [1.54, 1.807) is 58.3 Å². The molecular formula is C24H21ClFN3O2. The van der Waals surface area contributed by atoms with Gasteiger partial charge in [-0.2, -0.15) is 0 Å². The Kier molecular flexibility index (Phi) is 6.18. The standard InChI is InChI=1S/C24H21ClFN3O2/c25-22-5-2-1-4-21(22)23(30)27-19-10-12-20(13-11-19)29-15-3-14-28(24(29)31)16-17-6-8-18(26)9-7-17/h1-2,4-13H,3,14-16H2,(H,27,30). The topological polar surface area (TPSA) is 52.7 Å². The molecule has 7 heteroatoms. The van der Waals surface area contributed by atoms with Gasteiger partial charge in [0.05, 0.1) is 10.6 Å². The minimum Gasteiger partial charge on any atom is -0.322 e. The summed E-state index contributed by atoms with van der Waals surface area (Å²) in [6.07, 6.45) is 0.831. The van der Waals surface area contributed by atoms with Gasteiger partial charge in [-0.3, -0.25) is 9.69 Å². The molecular weight excluding hydrogens is 417 g/mol. The van der Waals surface area contributed by atoms with Crippen LogP contribution >= 0.6 is 11.6 Å². The normalized spacial score (nSPS) is 13.9. The lowest BCUT2D eigenvalue weighted by molar-refractivity contribution is 0.102. The van der Waals surface area contributed by atoms with Crippen LogP contribution in [0.5, 0.6) is 0 Å². The van der Waals surface area contributed by atoms with E-state index in [0.717, 1.165) is 17.7 Å². The molecule has 31 heavy (non-hydrogen) atoms. The fraction of sp³-hybridized carbons (Fsp3) is 0.167. The van der Waals surface area contributed by atoms with Gasteiger partial charge in [0.25, 0.3) is 5.91 Å². The van der Waals surface area contributed by atoms with Crippen molar-refractivity contribution in [2.45, 2.75) is 13.0 Å². The highest BCUT2D eigenvalue weighted by Gasteiger charge is 2.26. The van der Waals surface area contributed by atoms with Crippen molar-refractivity contribution in [1.29, 1.82) is 0 Å². The molecule has 0 bridgehead atoms. The van der Waals surface area contributed by atoms with Crippen LogP contribution in [0.1, 0.15) is 22.3 Å². The second-order valence-corrected chi connectivity index (χ2v) is 7.72. The lowest BCUT2D eigenvalue weighted by Gasteiger charge is -2.35. The molecule has 1 aliphatic heterocycles. The molecule has 1 heterocycles. The molecule has 0 unspecified atom stereocenters. The average Bonchev–Trinajstić information content (AvgIpc) is 2.78. The SMILES string of the molecule is O=C(Nc1ccc(N2CCCN(Cc3ccc(F)cc3)C2=O)cc1)c1ccccc1Cl. The Morgan fingerprint density at radius 3 is 2.39 bits per heavy atom.